The van der Waals surface area contributed by atoms with E-state index >= 15 is 0 Å². The Morgan fingerprint density at radius 2 is 1.94 bits per heavy atom. The quantitative estimate of drug-likeness (QED) is 0.409. The summed E-state index contributed by atoms with van der Waals surface area (Å²) in [5.41, 5.74) is 0.924. The highest BCUT2D eigenvalue weighted by Crippen LogP contribution is 2.50. The molecule has 2 aliphatic rings. The fourth-order valence-corrected chi connectivity index (χ4v) is 5.43. The predicted octanol–water partition coefficient (Wildman–Crippen LogP) is 4.63. The van der Waals surface area contributed by atoms with Crippen molar-refractivity contribution in [3.8, 4) is 5.75 Å². The van der Waals surface area contributed by atoms with E-state index in [2.05, 4.69) is 10.6 Å². The van der Waals surface area contributed by atoms with Gasteiger partial charge in [0.25, 0.3) is 11.9 Å². The number of carbonyl (C=O) groups excluding carboxylic acids is 1. The van der Waals surface area contributed by atoms with Crippen molar-refractivity contribution in [3.63, 3.8) is 0 Å². The summed E-state index contributed by atoms with van der Waals surface area (Å²) in [4.78, 5) is 25.1. The number of nitro groups is 1. The summed E-state index contributed by atoms with van der Waals surface area (Å²) in [6.45, 7) is 1.95. The van der Waals surface area contributed by atoms with Gasteiger partial charge >= 0.3 is 0 Å². The summed E-state index contributed by atoms with van der Waals surface area (Å²) in [5.74, 6) is -1.04. The molecule has 9 heteroatoms. The van der Waals surface area contributed by atoms with Gasteiger partial charge in [0.1, 0.15) is 18.2 Å². The molecule has 5 rings (SSSR count). The lowest BCUT2D eigenvalue weighted by Crippen LogP contribution is -2.54. The Balaban J connectivity index is 1.47. The lowest BCUT2D eigenvalue weighted by Gasteiger charge is -2.25. The number of hydrogen-bond acceptors (Lipinski definition) is 5. The first kappa shape index (κ1) is 22.3. The maximum absolute atomic E-state index is 13.4. The first-order valence-corrected chi connectivity index (χ1v) is 11.2. The van der Waals surface area contributed by atoms with Crippen LogP contribution in [0.2, 0.25) is 5.02 Å². The van der Waals surface area contributed by atoms with Crippen LogP contribution in [0, 0.1) is 15.9 Å². The zero-order valence-electron chi connectivity index (χ0n) is 18.1. The van der Waals surface area contributed by atoms with Crippen LogP contribution < -0.4 is 15.4 Å². The number of fused-ring (bicyclic) bond motifs is 2. The van der Waals surface area contributed by atoms with Gasteiger partial charge in [-0.2, -0.15) is 0 Å². The van der Waals surface area contributed by atoms with Crippen molar-refractivity contribution >= 4 is 23.2 Å². The second-order valence-corrected chi connectivity index (χ2v) is 9.01. The normalized spacial score (nSPS) is 25.3. The number of amides is 1. The van der Waals surface area contributed by atoms with Gasteiger partial charge in [0, 0.05) is 22.2 Å². The lowest BCUT2D eigenvalue weighted by atomic mass is 9.78. The van der Waals surface area contributed by atoms with E-state index < -0.39 is 23.4 Å². The average Bonchev–Trinajstić information content (AvgIpc) is 3.27. The van der Waals surface area contributed by atoms with Gasteiger partial charge in [-0.3, -0.25) is 20.2 Å². The standard InChI is InChI=1S/C25H21ClFN3O4/c1-14-22(16-9-10-21(19(26)12-16)34-13-15-5-4-6-17(27)11-15)23(30(32)33)25(29-14)18-7-2-3-8-20(18)28-24(25)31/h2-12,14,22-23,29H,13H2,1H3,(H,28,31)/t14-,22+,23+,25-/m0/s1. The molecule has 4 atom stereocenters. The number of carbonyl (C=O) groups is 1. The number of nitrogens with zero attached hydrogens (tertiary/aromatic N) is 1. The van der Waals surface area contributed by atoms with Gasteiger partial charge in [0.05, 0.1) is 10.9 Å². The van der Waals surface area contributed by atoms with E-state index in [9.17, 15) is 19.3 Å². The minimum absolute atomic E-state index is 0.121. The topological polar surface area (TPSA) is 93.5 Å². The van der Waals surface area contributed by atoms with Crippen molar-refractivity contribution in [1.82, 2.24) is 5.32 Å². The number of nitrogens with one attached hydrogen (secondary N) is 2. The molecule has 2 aliphatic heterocycles. The smallest absolute Gasteiger partial charge is 0.256 e. The largest absolute Gasteiger partial charge is 0.487 e. The maximum atomic E-state index is 13.4. The number of rotatable bonds is 5. The van der Waals surface area contributed by atoms with Crippen LogP contribution in [0.1, 0.15) is 29.5 Å². The summed E-state index contributed by atoms with van der Waals surface area (Å²) in [7, 11) is 0. The number of para-hydroxylation sites is 1. The molecule has 0 aliphatic carbocycles. The van der Waals surface area contributed by atoms with Gasteiger partial charge in [0.2, 0.25) is 0 Å². The molecule has 0 aromatic heterocycles. The van der Waals surface area contributed by atoms with Gasteiger partial charge in [-0.1, -0.05) is 48.0 Å². The highest BCUT2D eigenvalue weighted by molar-refractivity contribution is 6.32. The van der Waals surface area contributed by atoms with Crippen molar-refractivity contribution in [1.29, 1.82) is 0 Å². The average molecular weight is 482 g/mol. The lowest BCUT2D eigenvalue weighted by molar-refractivity contribution is -0.532. The molecule has 0 bridgehead atoms. The van der Waals surface area contributed by atoms with Gasteiger partial charge in [-0.05, 0) is 48.4 Å². The van der Waals surface area contributed by atoms with Crippen LogP contribution in [0.15, 0.2) is 66.7 Å². The van der Waals surface area contributed by atoms with Crippen LogP contribution in [0.25, 0.3) is 0 Å². The van der Waals surface area contributed by atoms with Crippen molar-refractivity contribution in [3.05, 3.63) is 104 Å². The number of hydrogen-bond donors (Lipinski definition) is 2. The van der Waals surface area contributed by atoms with Crippen molar-refractivity contribution in [2.45, 2.75) is 37.1 Å². The molecule has 34 heavy (non-hydrogen) atoms. The van der Waals surface area contributed by atoms with Crippen LogP contribution in [0.5, 0.6) is 5.75 Å². The molecule has 1 fully saturated rings. The van der Waals surface area contributed by atoms with E-state index in [1.54, 1.807) is 54.6 Å². The van der Waals surface area contributed by atoms with Crippen LogP contribution in [0.4, 0.5) is 10.1 Å². The van der Waals surface area contributed by atoms with Gasteiger partial charge in [-0.15, -0.1) is 0 Å². The minimum atomic E-state index is -1.48. The van der Waals surface area contributed by atoms with Crippen molar-refractivity contribution in [2.24, 2.45) is 0 Å². The van der Waals surface area contributed by atoms with Crippen molar-refractivity contribution < 1.29 is 18.8 Å². The molecule has 0 saturated carbocycles. The fraction of sp³-hybridized carbons (Fsp3) is 0.240. The first-order valence-electron chi connectivity index (χ1n) is 10.8. The Bertz CT molecular complexity index is 1300. The predicted molar refractivity (Wildman–Crippen MR) is 125 cm³/mol. The molecule has 7 nitrogen and oxygen atoms in total. The molecular weight excluding hydrogens is 461 g/mol. The Kier molecular flexibility index (Phi) is 5.50. The van der Waals surface area contributed by atoms with E-state index in [1.807, 2.05) is 6.92 Å². The zero-order chi connectivity index (χ0) is 24.0. The molecule has 0 unspecified atom stereocenters. The second-order valence-electron chi connectivity index (χ2n) is 8.61. The van der Waals surface area contributed by atoms with Gasteiger partial charge in [0.15, 0.2) is 5.54 Å². The zero-order valence-corrected chi connectivity index (χ0v) is 18.9. The second kappa shape index (κ2) is 8.38. The number of anilines is 1. The molecule has 1 amide bonds. The highest BCUT2D eigenvalue weighted by atomic mass is 35.5. The van der Waals surface area contributed by atoms with E-state index in [0.29, 0.717) is 28.1 Å². The molecular formula is C25H21ClFN3O4. The molecule has 0 radical (unpaired) electrons. The molecule has 3 aromatic carbocycles. The Labute approximate surface area is 200 Å². The van der Waals surface area contributed by atoms with Crippen LogP contribution >= 0.6 is 11.6 Å². The van der Waals surface area contributed by atoms with Gasteiger partial charge < -0.3 is 10.1 Å². The third-order valence-electron chi connectivity index (χ3n) is 6.59. The Morgan fingerprint density at radius 1 is 1.15 bits per heavy atom. The van der Waals surface area contributed by atoms with E-state index in [-0.39, 0.29) is 28.4 Å². The molecule has 2 heterocycles. The van der Waals surface area contributed by atoms with Crippen LogP contribution in [0.3, 0.4) is 0 Å². The molecule has 3 aromatic rings. The minimum Gasteiger partial charge on any atom is -0.487 e. The van der Waals surface area contributed by atoms with E-state index in [0.717, 1.165) is 0 Å². The monoisotopic (exact) mass is 481 g/mol. The summed E-state index contributed by atoms with van der Waals surface area (Å²) < 4.78 is 19.2. The van der Waals surface area contributed by atoms with E-state index in [1.165, 1.54) is 12.1 Å². The number of ether oxygens (including phenoxy) is 1. The Morgan fingerprint density at radius 3 is 2.68 bits per heavy atom. The molecule has 2 N–H and O–H groups in total. The van der Waals surface area contributed by atoms with Crippen molar-refractivity contribution in [2.75, 3.05) is 5.32 Å². The fourth-order valence-electron chi connectivity index (χ4n) is 5.18. The maximum Gasteiger partial charge on any atom is 0.256 e. The van der Waals surface area contributed by atoms with E-state index in [4.69, 9.17) is 16.3 Å². The Hall–Kier alpha value is -3.49. The summed E-state index contributed by atoms with van der Waals surface area (Å²) in [5, 5.41) is 18.7. The molecule has 174 valence electrons. The first-order chi connectivity index (χ1) is 16.3. The molecule has 1 spiro atoms. The summed E-state index contributed by atoms with van der Waals surface area (Å²) in [6.07, 6.45) is 0. The number of benzene rings is 3. The summed E-state index contributed by atoms with van der Waals surface area (Å²) in [6, 6.07) is 16.4. The van der Waals surface area contributed by atoms with Crippen LogP contribution in [-0.4, -0.2) is 22.9 Å². The highest BCUT2D eigenvalue weighted by Gasteiger charge is 2.67. The molecule has 1 saturated heterocycles. The SMILES string of the molecule is C[C@@H]1N[C@]2(C(=O)Nc3ccccc32)[C@H]([N+](=O)[O-])[C@H]1c1ccc(OCc2cccc(F)c2)c(Cl)c1. The third-order valence-corrected chi connectivity index (χ3v) is 6.88. The summed E-state index contributed by atoms with van der Waals surface area (Å²) >= 11 is 6.47. The number of halogens is 2. The third kappa shape index (κ3) is 3.50. The van der Waals surface area contributed by atoms with Crippen LogP contribution in [-0.2, 0) is 16.9 Å². The van der Waals surface area contributed by atoms with Gasteiger partial charge in [-0.25, -0.2) is 4.39 Å².